The topological polar surface area (TPSA) is 58.6 Å². The summed E-state index contributed by atoms with van der Waals surface area (Å²) in [6, 6.07) is 6.36. The van der Waals surface area contributed by atoms with Crippen LogP contribution < -0.4 is 9.64 Å². The lowest BCUT2D eigenvalue weighted by Crippen LogP contribution is -2.48. The van der Waals surface area contributed by atoms with E-state index in [1.54, 1.807) is 35.5 Å². The van der Waals surface area contributed by atoms with Crippen LogP contribution in [-0.2, 0) is 4.79 Å². The molecule has 1 fully saturated rings. The van der Waals surface area contributed by atoms with Gasteiger partial charge in [-0.05, 0) is 29.8 Å². The number of piperazine rings is 1. The largest absolute Gasteiger partial charge is 0.494 e. The van der Waals surface area contributed by atoms with Crippen LogP contribution in [0.25, 0.3) is 6.08 Å². The minimum atomic E-state index is -0.450. The predicted molar refractivity (Wildman–Crippen MR) is 92.8 cm³/mol. The van der Waals surface area contributed by atoms with Gasteiger partial charge in [0.2, 0.25) is 11.9 Å². The zero-order valence-electron chi connectivity index (χ0n) is 13.9. The van der Waals surface area contributed by atoms with Crippen molar-refractivity contribution < 1.29 is 13.9 Å². The number of ether oxygens (including phenoxy) is 1. The highest BCUT2D eigenvalue weighted by molar-refractivity contribution is 5.92. The van der Waals surface area contributed by atoms with E-state index in [1.807, 2.05) is 4.90 Å². The molecule has 0 saturated carbocycles. The van der Waals surface area contributed by atoms with Crippen molar-refractivity contribution >= 4 is 17.9 Å². The standard InChI is InChI=1S/C18H19FN4O2/c1-25-16-5-3-14(13-15(16)19)4-6-17(24)22-9-11-23(12-10-22)18-20-7-2-8-21-18/h2-8,13H,9-12H2,1H3. The van der Waals surface area contributed by atoms with Gasteiger partial charge in [0.1, 0.15) is 0 Å². The first-order valence-corrected chi connectivity index (χ1v) is 8.00. The molecular weight excluding hydrogens is 323 g/mol. The highest BCUT2D eigenvalue weighted by Crippen LogP contribution is 2.18. The summed E-state index contributed by atoms with van der Waals surface area (Å²) in [6.07, 6.45) is 6.49. The molecule has 1 aliphatic rings. The summed E-state index contributed by atoms with van der Waals surface area (Å²) in [5, 5.41) is 0. The molecule has 130 valence electrons. The van der Waals surface area contributed by atoms with Crippen molar-refractivity contribution in [2.45, 2.75) is 0 Å². The summed E-state index contributed by atoms with van der Waals surface area (Å²) in [5.74, 6) is 0.319. The molecule has 6 nitrogen and oxygen atoms in total. The fraction of sp³-hybridized carbons (Fsp3) is 0.278. The third kappa shape index (κ3) is 4.12. The number of anilines is 1. The number of carbonyl (C=O) groups excluding carboxylic acids is 1. The van der Waals surface area contributed by atoms with Crippen molar-refractivity contribution in [1.29, 1.82) is 0 Å². The first kappa shape index (κ1) is 16.9. The van der Waals surface area contributed by atoms with E-state index in [1.165, 1.54) is 25.3 Å². The predicted octanol–water partition coefficient (Wildman–Crippen LogP) is 1.99. The van der Waals surface area contributed by atoms with Crippen LogP contribution in [0.4, 0.5) is 10.3 Å². The minimum Gasteiger partial charge on any atom is -0.494 e. The van der Waals surface area contributed by atoms with Gasteiger partial charge in [-0.3, -0.25) is 4.79 Å². The Morgan fingerprint density at radius 2 is 1.92 bits per heavy atom. The van der Waals surface area contributed by atoms with Crippen molar-refractivity contribution in [3.63, 3.8) is 0 Å². The van der Waals surface area contributed by atoms with E-state index >= 15 is 0 Å². The second-order valence-electron chi connectivity index (χ2n) is 5.59. The molecule has 0 N–H and O–H groups in total. The fourth-order valence-corrected chi connectivity index (χ4v) is 2.64. The number of nitrogens with zero attached hydrogens (tertiary/aromatic N) is 4. The first-order chi connectivity index (χ1) is 12.2. The number of hydrogen-bond acceptors (Lipinski definition) is 5. The Morgan fingerprint density at radius 1 is 1.20 bits per heavy atom. The average molecular weight is 342 g/mol. The Hall–Kier alpha value is -2.96. The maximum atomic E-state index is 13.7. The lowest BCUT2D eigenvalue weighted by atomic mass is 10.2. The maximum absolute atomic E-state index is 13.7. The van der Waals surface area contributed by atoms with Crippen LogP contribution in [0.15, 0.2) is 42.7 Å². The zero-order valence-corrected chi connectivity index (χ0v) is 13.9. The summed E-state index contributed by atoms with van der Waals surface area (Å²) >= 11 is 0. The van der Waals surface area contributed by atoms with Crippen molar-refractivity contribution in [1.82, 2.24) is 14.9 Å². The van der Waals surface area contributed by atoms with Gasteiger partial charge in [-0.1, -0.05) is 6.07 Å². The zero-order chi connectivity index (χ0) is 17.6. The number of halogens is 1. The molecular formula is C18H19FN4O2. The second kappa shape index (κ2) is 7.74. The summed E-state index contributed by atoms with van der Waals surface area (Å²) in [5.41, 5.74) is 0.614. The number of carbonyl (C=O) groups is 1. The number of amides is 1. The average Bonchev–Trinajstić information content (AvgIpc) is 2.67. The number of rotatable bonds is 4. The van der Waals surface area contributed by atoms with E-state index in [2.05, 4.69) is 9.97 Å². The molecule has 0 unspecified atom stereocenters. The van der Waals surface area contributed by atoms with Crippen molar-refractivity contribution in [3.8, 4) is 5.75 Å². The molecule has 3 rings (SSSR count). The molecule has 1 amide bonds. The van der Waals surface area contributed by atoms with Gasteiger partial charge < -0.3 is 14.5 Å². The Bertz CT molecular complexity index is 759. The summed E-state index contributed by atoms with van der Waals surface area (Å²) in [7, 11) is 1.41. The van der Waals surface area contributed by atoms with Crippen LogP contribution in [0, 0.1) is 5.82 Å². The molecule has 1 aromatic carbocycles. The van der Waals surface area contributed by atoms with E-state index in [0.29, 0.717) is 37.7 Å². The maximum Gasteiger partial charge on any atom is 0.246 e. The van der Waals surface area contributed by atoms with Gasteiger partial charge in [-0.2, -0.15) is 0 Å². The second-order valence-corrected chi connectivity index (χ2v) is 5.59. The molecule has 0 bridgehead atoms. The Morgan fingerprint density at radius 3 is 2.56 bits per heavy atom. The molecule has 7 heteroatoms. The Kier molecular flexibility index (Phi) is 5.23. The van der Waals surface area contributed by atoms with E-state index in [-0.39, 0.29) is 11.7 Å². The van der Waals surface area contributed by atoms with Gasteiger partial charge in [-0.25, -0.2) is 14.4 Å². The van der Waals surface area contributed by atoms with Gasteiger partial charge in [0.25, 0.3) is 0 Å². The van der Waals surface area contributed by atoms with Gasteiger partial charge in [0.05, 0.1) is 7.11 Å². The highest BCUT2D eigenvalue weighted by atomic mass is 19.1. The SMILES string of the molecule is COc1ccc(C=CC(=O)N2CCN(c3ncccn3)CC2)cc1F. The van der Waals surface area contributed by atoms with Crippen LogP contribution in [0.5, 0.6) is 5.75 Å². The van der Waals surface area contributed by atoms with Crippen molar-refractivity contribution in [2.75, 3.05) is 38.2 Å². The number of aromatic nitrogens is 2. The molecule has 1 aromatic heterocycles. The molecule has 0 aliphatic carbocycles. The Balaban J connectivity index is 1.57. The minimum absolute atomic E-state index is 0.0927. The lowest BCUT2D eigenvalue weighted by molar-refractivity contribution is -0.126. The van der Waals surface area contributed by atoms with Gasteiger partial charge in [-0.15, -0.1) is 0 Å². The highest BCUT2D eigenvalue weighted by Gasteiger charge is 2.20. The van der Waals surface area contributed by atoms with Crippen molar-refractivity contribution in [2.24, 2.45) is 0 Å². The normalized spacial score (nSPS) is 14.8. The third-order valence-corrected chi connectivity index (χ3v) is 4.02. The van der Waals surface area contributed by atoms with E-state index in [9.17, 15) is 9.18 Å². The van der Waals surface area contributed by atoms with Crippen LogP contribution in [0.1, 0.15) is 5.56 Å². The summed E-state index contributed by atoms with van der Waals surface area (Å²) in [6.45, 7) is 2.55. The molecule has 0 atom stereocenters. The first-order valence-electron chi connectivity index (χ1n) is 8.00. The van der Waals surface area contributed by atoms with E-state index < -0.39 is 5.82 Å². The molecule has 1 saturated heterocycles. The monoisotopic (exact) mass is 342 g/mol. The number of benzene rings is 1. The molecule has 2 heterocycles. The van der Waals surface area contributed by atoms with Gasteiger partial charge in [0.15, 0.2) is 11.6 Å². The van der Waals surface area contributed by atoms with Crippen LogP contribution in [0.2, 0.25) is 0 Å². The van der Waals surface area contributed by atoms with Crippen LogP contribution in [-0.4, -0.2) is 54.1 Å². The quantitative estimate of drug-likeness (QED) is 0.796. The smallest absolute Gasteiger partial charge is 0.246 e. The number of hydrogen-bond donors (Lipinski definition) is 0. The molecule has 25 heavy (non-hydrogen) atoms. The summed E-state index contributed by atoms with van der Waals surface area (Å²) < 4.78 is 18.5. The van der Waals surface area contributed by atoms with E-state index in [4.69, 9.17) is 4.74 Å². The molecule has 0 spiro atoms. The van der Waals surface area contributed by atoms with Gasteiger partial charge >= 0.3 is 0 Å². The Labute approximate surface area is 145 Å². The fourth-order valence-electron chi connectivity index (χ4n) is 2.64. The molecule has 1 aliphatic heterocycles. The number of methoxy groups -OCH3 is 1. The van der Waals surface area contributed by atoms with Crippen molar-refractivity contribution in [3.05, 3.63) is 54.1 Å². The van der Waals surface area contributed by atoms with E-state index in [0.717, 1.165) is 0 Å². The third-order valence-electron chi connectivity index (χ3n) is 4.02. The summed E-state index contributed by atoms with van der Waals surface area (Å²) in [4.78, 5) is 24.5. The lowest BCUT2D eigenvalue weighted by Gasteiger charge is -2.34. The van der Waals surface area contributed by atoms with Gasteiger partial charge in [0, 0.05) is 44.6 Å². The molecule has 0 radical (unpaired) electrons. The van der Waals surface area contributed by atoms with Crippen LogP contribution >= 0.6 is 0 Å². The molecule has 2 aromatic rings. The van der Waals surface area contributed by atoms with Crippen LogP contribution in [0.3, 0.4) is 0 Å².